The first-order valence-electron chi connectivity index (χ1n) is 5.55. The van der Waals surface area contributed by atoms with Crippen molar-refractivity contribution in [1.29, 1.82) is 0 Å². The van der Waals surface area contributed by atoms with E-state index in [0.29, 0.717) is 0 Å². The molecule has 2 rings (SSSR count). The Kier molecular flexibility index (Phi) is 6.17. The number of allylic oxidation sites excluding steroid dienone is 2. The fraction of sp³-hybridized carbons (Fsp3) is 0.818. The van der Waals surface area contributed by atoms with Crippen LogP contribution in [-0.4, -0.2) is 31.1 Å². The highest BCUT2D eigenvalue weighted by Gasteiger charge is 2.34. The van der Waals surface area contributed by atoms with E-state index in [1.807, 2.05) is 7.11 Å². The van der Waals surface area contributed by atoms with Crippen LogP contribution < -0.4 is 0 Å². The first kappa shape index (κ1) is 12.9. The molecule has 0 spiro atoms. The van der Waals surface area contributed by atoms with Crippen LogP contribution in [0.15, 0.2) is 12.2 Å². The SMILES string of the molecule is COOC.CO[SiH2]CC1CC2C=CC1C2. The molecule has 0 aliphatic heterocycles. The molecule has 0 saturated heterocycles. The van der Waals surface area contributed by atoms with E-state index in [4.69, 9.17) is 4.43 Å². The predicted octanol–water partition coefficient (Wildman–Crippen LogP) is 1.54. The quantitative estimate of drug-likeness (QED) is 0.317. The Balaban J connectivity index is 0.000000245. The molecule has 0 amide bonds. The van der Waals surface area contributed by atoms with Gasteiger partial charge in [0, 0.05) is 7.11 Å². The fourth-order valence-corrected chi connectivity index (χ4v) is 3.70. The second kappa shape index (κ2) is 7.17. The van der Waals surface area contributed by atoms with Crippen molar-refractivity contribution >= 4 is 9.76 Å². The third-order valence-corrected chi connectivity index (χ3v) is 4.66. The summed E-state index contributed by atoms with van der Waals surface area (Å²) in [7, 11) is 4.61. The molecule has 0 heterocycles. The van der Waals surface area contributed by atoms with Crippen LogP contribution in [0.2, 0.25) is 6.04 Å². The van der Waals surface area contributed by atoms with E-state index in [2.05, 4.69) is 21.9 Å². The molecule has 0 radical (unpaired) electrons. The lowest BCUT2D eigenvalue weighted by Gasteiger charge is -2.16. The maximum absolute atomic E-state index is 5.23. The molecule has 1 fully saturated rings. The van der Waals surface area contributed by atoms with Gasteiger partial charge in [-0.2, -0.15) is 0 Å². The molecule has 1 saturated carbocycles. The number of fused-ring (bicyclic) bond motifs is 2. The van der Waals surface area contributed by atoms with Crippen LogP contribution in [0.5, 0.6) is 0 Å². The Morgan fingerprint density at radius 3 is 2.27 bits per heavy atom. The molecule has 3 nitrogen and oxygen atoms in total. The van der Waals surface area contributed by atoms with Gasteiger partial charge in [-0.1, -0.05) is 12.2 Å². The minimum atomic E-state index is -0.162. The normalized spacial score (nSPS) is 32.3. The molecule has 2 aliphatic carbocycles. The van der Waals surface area contributed by atoms with E-state index in [1.54, 1.807) is 0 Å². The summed E-state index contributed by atoms with van der Waals surface area (Å²) in [6.07, 6.45) is 7.75. The molecular formula is C11H22O3Si. The summed E-state index contributed by atoms with van der Waals surface area (Å²) >= 11 is 0. The highest BCUT2D eigenvalue weighted by Crippen LogP contribution is 2.44. The Bertz CT molecular complexity index is 194. The zero-order valence-electron chi connectivity index (χ0n) is 9.94. The minimum absolute atomic E-state index is 0.162. The largest absolute Gasteiger partial charge is 0.427 e. The lowest BCUT2D eigenvalue weighted by molar-refractivity contribution is -0.248. The molecule has 3 atom stereocenters. The Morgan fingerprint density at radius 1 is 1.13 bits per heavy atom. The average molecular weight is 230 g/mol. The number of rotatable bonds is 4. The third kappa shape index (κ3) is 4.07. The zero-order chi connectivity index (χ0) is 11.1. The molecule has 2 bridgehead atoms. The van der Waals surface area contributed by atoms with E-state index in [-0.39, 0.29) is 9.76 Å². The average Bonchev–Trinajstić information content (AvgIpc) is 2.88. The molecule has 4 heteroatoms. The van der Waals surface area contributed by atoms with Gasteiger partial charge in [-0.25, -0.2) is 9.78 Å². The van der Waals surface area contributed by atoms with Gasteiger partial charge in [0.2, 0.25) is 0 Å². The van der Waals surface area contributed by atoms with Crippen molar-refractivity contribution in [3.8, 4) is 0 Å². The highest BCUT2D eigenvalue weighted by molar-refractivity contribution is 6.27. The summed E-state index contributed by atoms with van der Waals surface area (Å²) < 4.78 is 5.23. The molecule has 0 aromatic carbocycles. The third-order valence-electron chi connectivity index (χ3n) is 3.28. The Hall–Kier alpha value is -0.163. The molecule has 0 aromatic heterocycles. The van der Waals surface area contributed by atoms with Crippen LogP contribution >= 0.6 is 0 Å². The zero-order valence-corrected chi connectivity index (χ0v) is 11.4. The molecule has 2 aliphatic rings. The molecule has 0 N–H and O–H groups in total. The van der Waals surface area contributed by atoms with Crippen molar-refractivity contribution in [2.75, 3.05) is 21.3 Å². The molecule has 0 aromatic rings. The highest BCUT2D eigenvalue weighted by atomic mass is 28.2. The number of hydrogen-bond acceptors (Lipinski definition) is 3. The smallest absolute Gasteiger partial charge is 0.161 e. The minimum Gasteiger partial charge on any atom is -0.427 e. The van der Waals surface area contributed by atoms with E-state index >= 15 is 0 Å². The lowest BCUT2D eigenvalue weighted by atomic mass is 9.96. The van der Waals surface area contributed by atoms with E-state index in [9.17, 15) is 0 Å². The monoisotopic (exact) mass is 230 g/mol. The van der Waals surface area contributed by atoms with Crippen molar-refractivity contribution in [3.63, 3.8) is 0 Å². The Morgan fingerprint density at radius 2 is 1.87 bits per heavy atom. The van der Waals surface area contributed by atoms with Crippen molar-refractivity contribution in [1.82, 2.24) is 0 Å². The predicted molar refractivity (Wildman–Crippen MR) is 63.2 cm³/mol. The molecule has 3 unspecified atom stereocenters. The van der Waals surface area contributed by atoms with Gasteiger partial charge in [-0.05, 0) is 36.6 Å². The van der Waals surface area contributed by atoms with E-state index < -0.39 is 0 Å². The fourth-order valence-electron chi connectivity index (χ4n) is 2.50. The van der Waals surface area contributed by atoms with Gasteiger partial charge >= 0.3 is 0 Å². The van der Waals surface area contributed by atoms with Crippen LogP contribution in [0, 0.1) is 17.8 Å². The summed E-state index contributed by atoms with van der Waals surface area (Å²) in [6, 6.07) is 1.40. The number of hydrogen-bond donors (Lipinski definition) is 0. The summed E-state index contributed by atoms with van der Waals surface area (Å²) in [5.41, 5.74) is 0. The van der Waals surface area contributed by atoms with Crippen molar-refractivity contribution in [3.05, 3.63) is 12.2 Å². The van der Waals surface area contributed by atoms with Crippen molar-refractivity contribution in [2.45, 2.75) is 18.9 Å². The second-order valence-corrected chi connectivity index (χ2v) is 5.72. The summed E-state index contributed by atoms with van der Waals surface area (Å²) in [4.78, 5) is 8.08. The van der Waals surface area contributed by atoms with E-state index in [0.717, 1.165) is 17.8 Å². The van der Waals surface area contributed by atoms with Gasteiger partial charge in [0.1, 0.15) is 0 Å². The topological polar surface area (TPSA) is 27.7 Å². The van der Waals surface area contributed by atoms with Crippen LogP contribution in [0.25, 0.3) is 0 Å². The second-order valence-electron chi connectivity index (χ2n) is 4.16. The van der Waals surface area contributed by atoms with Gasteiger partial charge in [-0.3, -0.25) is 0 Å². The van der Waals surface area contributed by atoms with Crippen LogP contribution in [0.4, 0.5) is 0 Å². The molecule has 88 valence electrons. The van der Waals surface area contributed by atoms with Gasteiger partial charge in [0.05, 0.1) is 14.2 Å². The van der Waals surface area contributed by atoms with Gasteiger partial charge in [0.25, 0.3) is 0 Å². The van der Waals surface area contributed by atoms with Crippen molar-refractivity contribution < 1.29 is 14.2 Å². The van der Waals surface area contributed by atoms with E-state index in [1.165, 1.54) is 33.1 Å². The van der Waals surface area contributed by atoms with Crippen molar-refractivity contribution in [2.24, 2.45) is 17.8 Å². The summed E-state index contributed by atoms with van der Waals surface area (Å²) in [5, 5.41) is 0. The van der Waals surface area contributed by atoms with Crippen LogP contribution in [0.1, 0.15) is 12.8 Å². The maximum atomic E-state index is 5.23. The van der Waals surface area contributed by atoms with Gasteiger partial charge < -0.3 is 4.43 Å². The first-order chi connectivity index (χ1) is 7.31. The Labute approximate surface area is 94.7 Å². The van der Waals surface area contributed by atoms with Crippen LogP contribution in [-0.2, 0) is 14.2 Å². The molecule has 15 heavy (non-hydrogen) atoms. The first-order valence-corrected chi connectivity index (χ1v) is 7.13. The van der Waals surface area contributed by atoms with Gasteiger partial charge in [0.15, 0.2) is 9.76 Å². The summed E-state index contributed by atoms with van der Waals surface area (Å²) in [5.74, 6) is 2.87. The lowest BCUT2D eigenvalue weighted by Crippen LogP contribution is -2.10. The van der Waals surface area contributed by atoms with Crippen LogP contribution in [0.3, 0.4) is 0 Å². The molecular weight excluding hydrogens is 208 g/mol. The maximum Gasteiger partial charge on any atom is 0.161 e. The standard InChI is InChI=1S/C9H16OSi.C2H6O2/c1-10-11-6-9-5-7-2-3-8(9)4-7;1-3-4-2/h2-3,7-9H,4-6,11H2,1H3;1-2H3. The summed E-state index contributed by atoms with van der Waals surface area (Å²) in [6.45, 7) is 0. The van der Waals surface area contributed by atoms with Gasteiger partial charge in [-0.15, -0.1) is 0 Å².